The molecular weight excluding hydrogens is 376 g/mol. The third-order valence-corrected chi connectivity index (χ3v) is 7.41. The highest BCUT2D eigenvalue weighted by molar-refractivity contribution is 7.89. The number of benzene rings is 1. The van der Waals surface area contributed by atoms with Crippen molar-refractivity contribution in [3.63, 3.8) is 0 Å². The Hall–Kier alpha value is -2.19. The molecule has 0 N–H and O–H groups in total. The Labute approximate surface area is 166 Å². The average Bonchev–Trinajstić information content (AvgIpc) is 3.41. The Kier molecular flexibility index (Phi) is 5.50. The lowest BCUT2D eigenvalue weighted by Gasteiger charge is -2.30. The van der Waals surface area contributed by atoms with Gasteiger partial charge in [-0.25, -0.2) is 8.42 Å². The molecule has 3 heterocycles. The van der Waals surface area contributed by atoms with Crippen LogP contribution in [-0.4, -0.2) is 48.0 Å². The predicted octanol–water partition coefficient (Wildman–Crippen LogP) is 2.43. The molecule has 8 heteroatoms. The van der Waals surface area contributed by atoms with Gasteiger partial charge < -0.3 is 4.90 Å². The predicted molar refractivity (Wildman–Crippen MR) is 107 cm³/mol. The molecule has 1 aromatic carbocycles. The van der Waals surface area contributed by atoms with E-state index in [1.807, 2.05) is 27.9 Å². The summed E-state index contributed by atoms with van der Waals surface area (Å²) in [6.07, 6.45) is 8.30. The fraction of sp³-hybridized carbons (Fsp3) is 0.500. The number of carbonyl (C=O) groups excluding carboxylic acids is 1. The normalized spacial score (nSPS) is 17.6. The SMILES string of the molecule is O=C(CCCn1cccn1)N1CCCc2cc(S(=O)(=O)N3CCCC3)ccc21. The third kappa shape index (κ3) is 3.84. The quantitative estimate of drug-likeness (QED) is 0.744. The Morgan fingerprint density at radius 3 is 2.68 bits per heavy atom. The molecule has 2 aromatic rings. The zero-order valence-corrected chi connectivity index (χ0v) is 16.8. The van der Waals surface area contributed by atoms with Crippen molar-refractivity contribution in [2.24, 2.45) is 0 Å². The maximum Gasteiger partial charge on any atom is 0.243 e. The molecule has 1 aromatic heterocycles. The first-order chi connectivity index (χ1) is 13.6. The minimum absolute atomic E-state index is 0.0863. The van der Waals surface area contributed by atoms with Crippen molar-refractivity contribution in [2.45, 2.75) is 50.0 Å². The molecule has 0 saturated carbocycles. The van der Waals surface area contributed by atoms with E-state index >= 15 is 0 Å². The minimum Gasteiger partial charge on any atom is -0.312 e. The summed E-state index contributed by atoms with van der Waals surface area (Å²) >= 11 is 0. The number of rotatable bonds is 6. The van der Waals surface area contributed by atoms with Gasteiger partial charge in [-0.05, 0) is 61.9 Å². The minimum atomic E-state index is -3.43. The number of carbonyl (C=O) groups is 1. The van der Waals surface area contributed by atoms with Crippen molar-refractivity contribution in [2.75, 3.05) is 24.5 Å². The summed E-state index contributed by atoms with van der Waals surface area (Å²) < 4.78 is 29.0. The maximum absolute atomic E-state index is 12.8. The molecule has 150 valence electrons. The number of hydrogen-bond donors (Lipinski definition) is 0. The fourth-order valence-corrected chi connectivity index (χ4v) is 5.60. The van der Waals surface area contributed by atoms with Crippen molar-refractivity contribution >= 4 is 21.6 Å². The van der Waals surface area contributed by atoms with Crippen molar-refractivity contribution in [1.82, 2.24) is 14.1 Å². The van der Waals surface area contributed by atoms with Crippen LogP contribution in [0.5, 0.6) is 0 Å². The average molecular weight is 403 g/mol. The van der Waals surface area contributed by atoms with Crippen LogP contribution >= 0.6 is 0 Å². The van der Waals surface area contributed by atoms with Crippen LogP contribution in [-0.2, 0) is 27.8 Å². The summed E-state index contributed by atoms with van der Waals surface area (Å²) in [7, 11) is -3.43. The lowest BCUT2D eigenvalue weighted by molar-refractivity contribution is -0.118. The van der Waals surface area contributed by atoms with Gasteiger partial charge in [-0.15, -0.1) is 0 Å². The first kappa shape index (κ1) is 19.1. The number of anilines is 1. The zero-order chi connectivity index (χ0) is 19.6. The topological polar surface area (TPSA) is 75.5 Å². The molecule has 0 radical (unpaired) electrons. The number of nitrogens with zero attached hydrogens (tertiary/aromatic N) is 4. The summed E-state index contributed by atoms with van der Waals surface area (Å²) in [6.45, 7) is 2.60. The highest BCUT2D eigenvalue weighted by Crippen LogP contribution is 2.31. The van der Waals surface area contributed by atoms with Crippen molar-refractivity contribution in [3.8, 4) is 0 Å². The molecule has 1 fully saturated rings. The van der Waals surface area contributed by atoms with E-state index in [0.29, 0.717) is 37.5 Å². The van der Waals surface area contributed by atoms with Gasteiger partial charge in [-0.1, -0.05) is 0 Å². The number of fused-ring (bicyclic) bond motifs is 1. The van der Waals surface area contributed by atoms with Crippen LogP contribution in [0.25, 0.3) is 0 Å². The van der Waals surface area contributed by atoms with Gasteiger partial charge in [0.05, 0.1) is 4.90 Å². The van der Waals surface area contributed by atoms with Gasteiger partial charge in [0.15, 0.2) is 0 Å². The third-order valence-electron chi connectivity index (χ3n) is 5.51. The largest absolute Gasteiger partial charge is 0.312 e. The Morgan fingerprint density at radius 1 is 1.11 bits per heavy atom. The van der Waals surface area contributed by atoms with Gasteiger partial charge >= 0.3 is 0 Å². The van der Waals surface area contributed by atoms with Gasteiger partial charge in [0, 0.05) is 50.7 Å². The first-order valence-corrected chi connectivity index (χ1v) is 11.4. The van der Waals surface area contributed by atoms with Gasteiger partial charge in [-0.2, -0.15) is 9.40 Å². The van der Waals surface area contributed by atoms with E-state index in [1.165, 1.54) is 0 Å². The van der Waals surface area contributed by atoms with E-state index < -0.39 is 10.0 Å². The van der Waals surface area contributed by atoms with Crippen molar-refractivity contribution < 1.29 is 13.2 Å². The number of sulfonamides is 1. The van der Waals surface area contributed by atoms with E-state index in [-0.39, 0.29) is 5.91 Å². The van der Waals surface area contributed by atoms with Crippen LogP contribution in [0, 0.1) is 0 Å². The summed E-state index contributed by atoms with van der Waals surface area (Å²) in [5.74, 6) is 0.0863. The lowest BCUT2D eigenvalue weighted by Crippen LogP contribution is -2.35. The molecule has 7 nitrogen and oxygen atoms in total. The number of aromatic nitrogens is 2. The van der Waals surface area contributed by atoms with E-state index in [2.05, 4.69) is 5.10 Å². The van der Waals surface area contributed by atoms with E-state index in [0.717, 1.165) is 43.4 Å². The summed E-state index contributed by atoms with van der Waals surface area (Å²) in [5, 5.41) is 4.16. The van der Waals surface area contributed by atoms with Crippen LogP contribution in [0.15, 0.2) is 41.6 Å². The standard InChI is InChI=1S/C20H26N4O3S/c25-20(7-4-11-22-12-5-10-21-22)24-15-3-6-17-16-18(8-9-19(17)24)28(26,27)23-13-1-2-14-23/h5,8-10,12,16H,1-4,6-7,11,13-15H2. The van der Waals surface area contributed by atoms with Crippen molar-refractivity contribution in [3.05, 3.63) is 42.2 Å². The number of amides is 1. The van der Waals surface area contributed by atoms with Crippen LogP contribution in [0.4, 0.5) is 5.69 Å². The van der Waals surface area contributed by atoms with Gasteiger partial charge in [0.2, 0.25) is 15.9 Å². The number of aryl methyl sites for hydroxylation is 2. The van der Waals surface area contributed by atoms with Crippen LogP contribution < -0.4 is 4.90 Å². The molecule has 2 aliphatic heterocycles. The molecule has 0 unspecified atom stereocenters. The molecule has 0 spiro atoms. The lowest BCUT2D eigenvalue weighted by atomic mass is 10.0. The number of hydrogen-bond acceptors (Lipinski definition) is 4. The second kappa shape index (κ2) is 8.05. The smallest absolute Gasteiger partial charge is 0.243 e. The highest BCUT2D eigenvalue weighted by Gasteiger charge is 2.29. The Balaban J connectivity index is 1.47. The van der Waals surface area contributed by atoms with E-state index in [9.17, 15) is 13.2 Å². The summed E-state index contributed by atoms with van der Waals surface area (Å²) in [6, 6.07) is 7.10. The van der Waals surface area contributed by atoms with Gasteiger partial charge in [0.25, 0.3) is 0 Å². The molecule has 28 heavy (non-hydrogen) atoms. The monoisotopic (exact) mass is 402 g/mol. The van der Waals surface area contributed by atoms with E-state index in [4.69, 9.17) is 0 Å². The zero-order valence-electron chi connectivity index (χ0n) is 16.0. The molecule has 0 aliphatic carbocycles. The fourth-order valence-electron chi connectivity index (χ4n) is 4.03. The molecule has 0 bridgehead atoms. The maximum atomic E-state index is 12.8. The first-order valence-electron chi connectivity index (χ1n) is 9.96. The molecule has 1 saturated heterocycles. The summed E-state index contributed by atoms with van der Waals surface area (Å²) in [4.78, 5) is 14.9. The Bertz CT molecular complexity index is 934. The second-order valence-electron chi connectivity index (χ2n) is 7.42. The van der Waals surface area contributed by atoms with Crippen LogP contribution in [0.2, 0.25) is 0 Å². The molecule has 2 aliphatic rings. The second-order valence-corrected chi connectivity index (χ2v) is 9.36. The van der Waals surface area contributed by atoms with Crippen LogP contribution in [0.3, 0.4) is 0 Å². The molecule has 1 amide bonds. The van der Waals surface area contributed by atoms with Crippen LogP contribution in [0.1, 0.15) is 37.7 Å². The molecule has 4 rings (SSSR count). The highest BCUT2D eigenvalue weighted by atomic mass is 32.2. The van der Waals surface area contributed by atoms with Crippen molar-refractivity contribution in [1.29, 1.82) is 0 Å². The Morgan fingerprint density at radius 2 is 1.93 bits per heavy atom. The molecule has 0 atom stereocenters. The van der Waals surface area contributed by atoms with Gasteiger partial charge in [-0.3, -0.25) is 9.48 Å². The molecular formula is C20H26N4O3S. The summed E-state index contributed by atoms with van der Waals surface area (Å²) in [5.41, 5.74) is 1.81. The van der Waals surface area contributed by atoms with E-state index in [1.54, 1.807) is 22.6 Å². The van der Waals surface area contributed by atoms with Gasteiger partial charge in [0.1, 0.15) is 0 Å².